The zero-order chi connectivity index (χ0) is 16.7. The van der Waals surface area contributed by atoms with Gasteiger partial charge < -0.3 is 9.47 Å². The Morgan fingerprint density at radius 3 is 2.92 bits per heavy atom. The molecule has 2 aliphatic heterocycles. The number of nitrogens with one attached hydrogen (secondary N) is 1. The molecule has 4 rings (SSSR count). The van der Waals surface area contributed by atoms with Gasteiger partial charge in [0.25, 0.3) is 5.91 Å². The van der Waals surface area contributed by atoms with Gasteiger partial charge >= 0.3 is 0 Å². The highest BCUT2D eigenvalue weighted by molar-refractivity contribution is 5.94. The van der Waals surface area contributed by atoms with E-state index >= 15 is 0 Å². The Morgan fingerprint density at radius 1 is 1.25 bits per heavy atom. The third-order valence-corrected chi connectivity index (χ3v) is 5.56. The summed E-state index contributed by atoms with van der Waals surface area (Å²) in [6.45, 7) is 6.55. The lowest BCUT2D eigenvalue weighted by Crippen LogP contribution is -2.40. The quantitative estimate of drug-likeness (QED) is 0.922. The van der Waals surface area contributed by atoms with Crippen molar-refractivity contribution in [3.8, 4) is 0 Å². The molecule has 24 heavy (non-hydrogen) atoms. The molecule has 0 aliphatic carbocycles. The molecular weight excluding hydrogens is 302 g/mol. The zero-order valence-electron chi connectivity index (χ0n) is 14.5. The van der Waals surface area contributed by atoms with Crippen molar-refractivity contribution in [1.29, 1.82) is 0 Å². The van der Waals surface area contributed by atoms with Crippen molar-refractivity contribution in [1.82, 2.24) is 24.6 Å². The SMILES string of the molecule is Cc1[nH]nc(C(=O)N2CCCC(c3ncc4n3CCCC4)C2)c1C. The number of carbonyl (C=O) groups is 1. The molecule has 0 bridgehead atoms. The fourth-order valence-corrected chi connectivity index (χ4v) is 4.00. The second kappa shape index (κ2) is 6.07. The van der Waals surface area contributed by atoms with Gasteiger partial charge in [-0.2, -0.15) is 5.10 Å². The minimum atomic E-state index is 0.0481. The molecule has 6 heteroatoms. The fourth-order valence-electron chi connectivity index (χ4n) is 4.00. The van der Waals surface area contributed by atoms with Crippen LogP contribution in [-0.2, 0) is 13.0 Å². The van der Waals surface area contributed by atoms with Crippen LogP contribution >= 0.6 is 0 Å². The summed E-state index contributed by atoms with van der Waals surface area (Å²) in [5.74, 6) is 1.57. The topological polar surface area (TPSA) is 66.8 Å². The number of nitrogens with zero attached hydrogens (tertiary/aromatic N) is 4. The molecule has 0 spiro atoms. The summed E-state index contributed by atoms with van der Waals surface area (Å²) in [6.07, 6.45) is 7.81. The van der Waals surface area contributed by atoms with E-state index < -0.39 is 0 Å². The molecule has 1 N–H and O–H groups in total. The number of amides is 1. The van der Waals surface area contributed by atoms with Crippen LogP contribution in [0.15, 0.2) is 6.20 Å². The first-order chi connectivity index (χ1) is 11.6. The minimum Gasteiger partial charge on any atom is -0.337 e. The Balaban J connectivity index is 1.55. The largest absolute Gasteiger partial charge is 0.337 e. The molecule has 0 aromatic carbocycles. The van der Waals surface area contributed by atoms with Crippen molar-refractivity contribution < 1.29 is 4.79 Å². The third-order valence-electron chi connectivity index (χ3n) is 5.56. The van der Waals surface area contributed by atoms with Gasteiger partial charge in [-0.25, -0.2) is 4.98 Å². The van der Waals surface area contributed by atoms with Crippen LogP contribution in [0.25, 0.3) is 0 Å². The van der Waals surface area contributed by atoms with Crippen LogP contribution in [0.2, 0.25) is 0 Å². The number of rotatable bonds is 2. The van der Waals surface area contributed by atoms with Gasteiger partial charge in [-0.05, 0) is 46.0 Å². The van der Waals surface area contributed by atoms with E-state index in [1.54, 1.807) is 0 Å². The van der Waals surface area contributed by atoms with Crippen molar-refractivity contribution in [3.63, 3.8) is 0 Å². The first-order valence-electron chi connectivity index (χ1n) is 9.00. The van der Waals surface area contributed by atoms with Crippen molar-refractivity contribution in [2.45, 2.75) is 58.4 Å². The average Bonchev–Trinajstić information content (AvgIpc) is 3.19. The lowest BCUT2D eigenvalue weighted by Gasteiger charge is -2.33. The van der Waals surface area contributed by atoms with Gasteiger partial charge in [0.15, 0.2) is 5.69 Å². The lowest BCUT2D eigenvalue weighted by atomic mass is 9.96. The van der Waals surface area contributed by atoms with Gasteiger partial charge in [0, 0.05) is 48.7 Å². The van der Waals surface area contributed by atoms with Crippen LogP contribution in [-0.4, -0.2) is 43.6 Å². The molecule has 6 nitrogen and oxygen atoms in total. The van der Waals surface area contributed by atoms with E-state index in [0.717, 1.165) is 50.2 Å². The normalized spacial score (nSPS) is 20.9. The second-order valence-corrected chi connectivity index (χ2v) is 7.13. The first kappa shape index (κ1) is 15.4. The smallest absolute Gasteiger partial charge is 0.274 e. The summed E-state index contributed by atoms with van der Waals surface area (Å²) in [6, 6.07) is 0. The van der Waals surface area contributed by atoms with Gasteiger partial charge in [0.2, 0.25) is 0 Å². The number of H-pyrrole nitrogens is 1. The minimum absolute atomic E-state index is 0.0481. The first-order valence-corrected chi connectivity index (χ1v) is 9.00. The van der Waals surface area contributed by atoms with Crippen molar-refractivity contribution in [2.75, 3.05) is 13.1 Å². The number of aromatic nitrogens is 4. The average molecular weight is 327 g/mol. The lowest BCUT2D eigenvalue weighted by molar-refractivity contribution is 0.0696. The second-order valence-electron chi connectivity index (χ2n) is 7.13. The van der Waals surface area contributed by atoms with Crippen LogP contribution in [0.4, 0.5) is 0 Å². The molecule has 2 aliphatic rings. The molecule has 2 aromatic heterocycles. The van der Waals surface area contributed by atoms with E-state index in [-0.39, 0.29) is 5.91 Å². The molecular formula is C18H25N5O. The number of carbonyl (C=O) groups excluding carboxylic acids is 1. The highest BCUT2D eigenvalue weighted by Gasteiger charge is 2.30. The highest BCUT2D eigenvalue weighted by atomic mass is 16.2. The van der Waals surface area contributed by atoms with Crippen molar-refractivity contribution in [3.05, 3.63) is 34.7 Å². The number of fused-ring (bicyclic) bond motifs is 1. The van der Waals surface area contributed by atoms with E-state index in [9.17, 15) is 4.79 Å². The fraction of sp³-hybridized carbons (Fsp3) is 0.611. The van der Waals surface area contributed by atoms with Gasteiger partial charge in [0.05, 0.1) is 0 Å². The molecule has 1 atom stereocenters. The van der Waals surface area contributed by atoms with Gasteiger partial charge in [-0.15, -0.1) is 0 Å². The van der Waals surface area contributed by atoms with Crippen LogP contribution < -0.4 is 0 Å². The Hall–Kier alpha value is -2.11. The maximum Gasteiger partial charge on any atom is 0.274 e. The molecule has 1 fully saturated rings. The van der Waals surface area contributed by atoms with Crippen LogP contribution in [0, 0.1) is 13.8 Å². The number of aromatic amines is 1. The maximum atomic E-state index is 12.9. The van der Waals surface area contributed by atoms with Gasteiger partial charge in [-0.3, -0.25) is 9.89 Å². The van der Waals surface area contributed by atoms with Crippen LogP contribution in [0.5, 0.6) is 0 Å². The predicted octanol–water partition coefficient (Wildman–Crippen LogP) is 2.58. The van der Waals surface area contributed by atoms with E-state index in [0.29, 0.717) is 11.6 Å². The third kappa shape index (κ3) is 2.54. The van der Waals surface area contributed by atoms with E-state index in [2.05, 4.69) is 14.8 Å². The van der Waals surface area contributed by atoms with Gasteiger partial charge in [0.1, 0.15) is 5.82 Å². The van der Waals surface area contributed by atoms with E-state index in [4.69, 9.17) is 4.98 Å². The Kier molecular flexibility index (Phi) is 3.90. The van der Waals surface area contributed by atoms with Crippen molar-refractivity contribution in [2.24, 2.45) is 0 Å². The number of likely N-dealkylation sites (tertiary alicyclic amines) is 1. The summed E-state index contributed by atoms with van der Waals surface area (Å²) in [5, 5.41) is 7.13. The predicted molar refractivity (Wildman–Crippen MR) is 91.1 cm³/mol. The molecule has 1 amide bonds. The summed E-state index contributed by atoms with van der Waals surface area (Å²) in [5.41, 5.74) is 3.85. The maximum absolute atomic E-state index is 12.9. The van der Waals surface area contributed by atoms with Crippen molar-refractivity contribution >= 4 is 5.91 Å². The molecule has 2 aromatic rings. The van der Waals surface area contributed by atoms with E-state index in [1.807, 2.05) is 24.9 Å². The number of piperidine rings is 1. The monoisotopic (exact) mass is 327 g/mol. The van der Waals surface area contributed by atoms with Crippen LogP contribution in [0.1, 0.15) is 64.9 Å². The number of hydrogen-bond donors (Lipinski definition) is 1. The summed E-state index contributed by atoms with van der Waals surface area (Å²) >= 11 is 0. The summed E-state index contributed by atoms with van der Waals surface area (Å²) in [7, 11) is 0. The molecule has 0 saturated carbocycles. The Bertz CT molecular complexity index is 760. The molecule has 4 heterocycles. The van der Waals surface area contributed by atoms with Crippen LogP contribution in [0.3, 0.4) is 0 Å². The summed E-state index contributed by atoms with van der Waals surface area (Å²) < 4.78 is 2.39. The molecule has 0 radical (unpaired) electrons. The van der Waals surface area contributed by atoms with E-state index in [1.165, 1.54) is 24.4 Å². The molecule has 128 valence electrons. The number of hydrogen-bond acceptors (Lipinski definition) is 3. The number of imidazole rings is 1. The molecule has 1 unspecified atom stereocenters. The highest BCUT2D eigenvalue weighted by Crippen LogP contribution is 2.30. The number of aryl methyl sites for hydroxylation is 2. The Morgan fingerprint density at radius 2 is 2.12 bits per heavy atom. The molecule has 1 saturated heterocycles. The Labute approximate surface area is 142 Å². The standard InChI is InChI=1S/C18H25N5O/c1-12-13(2)20-21-16(12)18(24)22-8-5-6-14(11-22)17-19-10-15-7-3-4-9-23(15)17/h10,14H,3-9,11H2,1-2H3,(H,20,21). The zero-order valence-corrected chi connectivity index (χ0v) is 14.5. The van der Waals surface area contributed by atoms with Gasteiger partial charge in [-0.1, -0.05) is 0 Å². The summed E-state index contributed by atoms with van der Waals surface area (Å²) in [4.78, 5) is 19.5.